The van der Waals surface area contributed by atoms with Gasteiger partial charge in [-0.1, -0.05) is 12.1 Å². The lowest BCUT2D eigenvalue weighted by Crippen LogP contribution is -2.35. The molecule has 4 heterocycles. The lowest BCUT2D eigenvalue weighted by atomic mass is 9.96. The van der Waals surface area contributed by atoms with Crippen LogP contribution in [0.25, 0.3) is 0 Å². The molecular weight excluding hydrogens is 427 g/mol. The molecule has 0 unspecified atom stereocenters. The summed E-state index contributed by atoms with van der Waals surface area (Å²) < 4.78 is 53.0. The number of aromatic nitrogens is 3. The van der Waals surface area contributed by atoms with E-state index in [2.05, 4.69) is 20.7 Å². The molecule has 3 aromatic rings. The van der Waals surface area contributed by atoms with E-state index in [0.717, 1.165) is 4.68 Å². The smallest absolute Gasteiger partial charge is 0.410 e. The Bertz CT molecular complexity index is 1150. The van der Waals surface area contributed by atoms with E-state index >= 15 is 0 Å². The molecule has 0 bridgehead atoms. The summed E-state index contributed by atoms with van der Waals surface area (Å²) in [7, 11) is 0. The Kier molecular flexibility index (Phi) is 4.87. The maximum absolute atomic E-state index is 13.9. The summed E-state index contributed by atoms with van der Waals surface area (Å²) >= 11 is 0. The van der Waals surface area contributed by atoms with E-state index in [1.807, 2.05) is 0 Å². The van der Waals surface area contributed by atoms with Crippen LogP contribution in [0.5, 0.6) is 11.5 Å². The lowest BCUT2D eigenvalue weighted by Gasteiger charge is -2.33. The first-order valence-corrected chi connectivity index (χ1v) is 9.89. The molecule has 8 nitrogen and oxygen atoms in total. The maximum atomic E-state index is 13.9. The summed E-state index contributed by atoms with van der Waals surface area (Å²) in [4.78, 5) is 16.6. The Hall–Kier alpha value is -3.76. The second-order valence-corrected chi connectivity index (χ2v) is 7.47. The third-order valence-corrected chi connectivity index (χ3v) is 5.38. The van der Waals surface area contributed by atoms with Gasteiger partial charge in [0.25, 0.3) is 5.91 Å². The minimum atomic E-state index is -4.54. The zero-order valence-corrected chi connectivity index (χ0v) is 16.6. The molecule has 0 saturated heterocycles. The second kappa shape index (κ2) is 7.74. The van der Waals surface area contributed by atoms with Gasteiger partial charge in [-0.2, -0.15) is 18.3 Å². The predicted molar refractivity (Wildman–Crippen MR) is 106 cm³/mol. The van der Waals surface area contributed by atoms with Gasteiger partial charge in [-0.3, -0.25) is 9.78 Å². The molecule has 2 aliphatic heterocycles. The fourth-order valence-electron chi connectivity index (χ4n) is 3.80. The fraction of sp³-hybridized carbons (Fsp3) is 0.286. The third-order valence-electron chi connectivity index (χ3n) is 5.38. The molecule has 32 heavy (non-hydrogen) atoms. The summed E-state index contributed by atoms with van der Waals surface area (Å²) in [5.74, 6) is 0.569. The number of alkyl halides is 3. The first-order valence-electron chi connectivity index (χ1n) is 9.89. The van der Waals surface area contributed by atoms with E-state index in [4.69, 9.17) is 9.47 Å². The number of benzene rings is 1. The van der Waals surface area contributed by atoms with Crippen molar-refractivity contribution >= 4 is 11.7 Å². The Morgan fingerprint density at radius 1 is 1.19 bits per heavy atom. The van der Waals surface area contributed by atoms with E-state index in [1.165, 1.54) is 6.07 Å². The summed E-state index contributed by atoms with van der Waals surface area (Å²) in [6.45, 7) is 0.212. The van der Waals surface area contributed by atoms with Gasteiger partial charge in [-0.05, 0) is 29.8 Å². The minimum Gasteiger partial charge on any atom is -0.454 e. The zero-order valence-electron chi connectivity index (χ0n) is 16.6. The third kappa shape index (κ3) is 3.81. The van der Waals surface area contributed by atoms with Crippen LogP contribution in [0.15, 0.2) is 48.7 Å². The number of carbonyl (C=O) groups excluding carboxylic acids is 1. The summed E-state index contributed by atoms with van der Waals surface area (Å²) in [6.07, 6.45) is -3.24. The Balaban J connectivity index is 1.40. The SMILES string of the molecule is O=C(NCc1ccccn1)c1cc2n(n1)[C@H](C(F)(F)F)C[C@H](c1ccc3c(c1)OCO3)N2. The number of anilines is 1. The largest absolute Gasteiger partial charge is 0.454 e. The number of nitrogens with zero attached hydrogens (tertiary/aromatic N) is 3. The molecule has 2 atom stereocenters. The molecule has 1 aromatic carbocycles. The molecule has 5 rings (SSSR count). The van der Waals surface area contributed by atoms with Gasteiger partial charge >= 0.3 is 6.18 Å². The van der Waals surface area contributed by atoms with Crippen LogP contribution in [0.3, 0.4) is 0 Å². The van der Waals surface area contributed by atoms with Gasteiger partial charge < -0.3 is 20.1 Å². The maximum Gasteiger partial charge on any atom is 0.410 e. The fourth-order valence-corrected chi connectivity index (χ4v) is 3.80. The van der Waals surface area contributed by atoms with Gasteiger partial charge in [-0.15, -0.1) is 0 Å². The van der Waals surface area contributed by atoms with Gasteiger partial charge in [0.05, 0.1) is 18.3 Å². The van der Waals surface area contributed by atoms with Crippen LogP contribution in [-0.2, 0) is 6.54 Å². The van der Waals surface area contributed by atoms with Crippen molar-refractivity contribution < 1.29 is 27.4 Å². The van der Waals surface area contributed by atoms with Crippen molar-refractivity contribution in [1.82, 2.24) is 20.1 Å². The molecule has 2 aromatic heterocycles. The highest BCUT2D eigenvalue weighted by Crippen LogP contribution is 2.45. The first-order chi connectivity index (χ1) is 15.4. The van der Waals surface area contributed by atoms with E-state index in [0.29, 0.717) is 22.8 Å². The van der Waals surface area contributed by atoms with Crippen LogP contribution < -0.4 is 20.1 Å². The first kappa shape index (κ1) is 20.2. The van der Waals surface area contributed by atoms with E-state index in [1.54, 1.807) is 42.6 Å². The van der Waals surface area contributed by atoms with Crippen molar-refractivity contribution in [3.8, 4) is 11.5 Å². The van der Waals surface area contributed by atoms with Crippen molar-refractivity contribution in [3.05, 3.63) is 65.6 Å². The molecule has 0 spiro atoms. The number of fused-ring (bicyclic) bond motifs is 2. The van der Waals surface area contributed by atoms with Crippen LogP contribution in [0.1, 0.15) is 40.3 Å². The summed E-state index contributed by atoms with van der Waals surface area (Å²) in [5, 5.41) is 9.65. The highest BCUT2D eigenvalue weighted by atomic mass is 19.4. The number of rotatable bonds is 4. The molecule has 2 aliphatic rings. The molecule has 0 aliphatic carbocycles. The van der Waals surface area contributed by atoms with Crippen LogP contribution in [0.2, 0.25) is 0 Å². The normalized spacial score (nSPS) is 19.2. The van der Waals surface area contributed by atoms with Gasteiger partial charge in [-0.25, -0.2) is 4.68 Å². The Labute approximate surface area is 180 Å². The van der Waals surface area contributed by atoms with Gasteiger partial charge in [0.2, 0.25) is 6.79 Å². The lowest BCUT2D eigenvalue weighted by molar-refractivity contribution is -0.173. The predicted octanol–water partition coefficient (Wildman–Crippen LogP) is 3.60. The van der Waals surface area contributed by atoms with Crippen molar-refractivity contribution in [3.63, 3.8) is 0 Å². The number of nitrogens with one attached hydrogen (secondary N) is 2. The molecule has 11 heteroatoms. The number of carbonyl (C=O) groups is 1. The van der Waals surface area contributed by atoms with Crippen LogP contribution >= 0.6 is 0 Å². The number of hydrogen-bond acceptors (Lipinski definition) is 6. The van der Waals surface area contributed by atoms with Crippen molar-refractivity contribution in [2.24, 2.45) is 0 Å². The molecule has 0 fully saturated rings. The van der Waals surface area contributed by atoms with Crippen LogP contribution in [-0.4, -0.2) is 33.6 Å². The number of hydrogen-bond donors (Lipinski definition) is 2. The summed E-state index contributed by atoms with van der Waals surface area (Å²) in [6, 6.07) is 9.08. The molecular formula is C21H18F3N5O3. The summed E-state index contributed by atoms with van der Waals surface area (Å²) in [5.41, 5.74) is 1.14. The minimum absolute atomic E-state index is 0.0752. The molecule has 2 N–H and O–H groups in total. The topological polar surface area (TPSA) is 90.3 Å². The number of ether oxygens (including phenoxy) is 2. The average Bonchev–Trinajstić information content (AvgIpc) is 3.43. The second-order valence-electron chi connectivity index (χ2n) is 7.47. The van der Waals surface area contributed by atoms with Crippen LogP contribution in [0, 0.1) is 0 Å². The van der Waals surface area contributed by atoms with Gasteiger partial charge in [0.1, 0.15) is 5.82 Å². The molecule has 0 saturated carbocycles. The Morgan fingerprint density at radius 3 is 2.81 bits per heavy atom. The number of halogens is 3. The van der Waals surface area contributed by atoms with E-state index < -0.39 is 24.2 Å². The number of amides is 1. The molecule has 0 radical (unpaired) electrons. The molecule has 1 amide bonds. The quantitative estimate of drug-likeness (QED) is 0.638. The zero-order chi connectivity index (χ0) is 22.3. The Morgan fingerprint density at radius 2 is 2.03 bits per heavy atom. The van der Waals surface area contributed by atoms with Crippen molar-refractivity contribution in [1.29, 1.82) is 0 Å². The highest BCUT2D eigenvalue weighted by Gasteiger charge is 2.47. The monoisotopic (exact) mass is 445 g/mol. The average molecular weight is 445 g/mol. The van der Waals surface area contributed by atoms with E-state index in [9.17, 15) is 18.0 Å². The molecule has 166 valence electrons. The van der Waals surface area contributed by atoms with Gasteiger partial charge in [0.15, 0.2) is 23.2 Å². The highest BCUT2D eigenvalue weighted by molar-refractivity contribution is 5.93. The van der Waals surface area contributed by atoms with Crippen molar-refractivity contribution in [2.75, 3.05) is 12.1 Å². The number of pyridine rings is 1. The van der Waals surface area contributed by atoms with E-state index in [-0.39, 0.29) is 31.3 Å². The van der Waals surface area contributed by atoms with Crippen LogP contribution in [0.4, 0.5) is 19.0 Å². The van der Waals surface area contributed by atoms with Gasteiger partial charge in [0, 0.05) is 18.7 Å². The van der Waals surface area contributed by atoms with Crippen molar-refractivity contribution in [2.45, 2.75) is 31.2 Å². The standard InChI is InChI=1S/C21H18F3N5O3/c22-21(23,24)18-8-14(12-4-5-16-17(7-12)32-11-31-16)27-19-9-15(28-29(18)19)20(30)26-10-13-3-1-2-6-25-13/h1-7,9,14,18,27H,8,10-11H2,(H,26,30)/t14-,18+/m1/s1.